The van der Waals surface area contributed by atoms with Gasteiger partial charge in [-0.3, -0.25) is 9.59 Å². The summed E-state index contributed by atoms with van der Waals surface area (Å²) < 4.78 is 10.3. The third-order valence-corrected chi connectivity index (χ3v) is 5.65. The van der Waals surface area contributed by atoms with Crippen molar-refractivity contribution in [3.05, 3.63) is 65.4 Å². The fraction of sp³-hybridized carbons (Fsp3) is 0.304. The lowest BCUT2D eigenvalue weighted by Crippen LogP contribution is -2.39. The van der Waals surface area contributed by atoms with Crippen LogP contribution in [0.3, 0.4) is 0 Å². The van der Waals surface area contributed by atoms with E-state index in [0.717, 1.165) is 22.6 Å². The van der Waals surface area contributed by atoms with E-state index in [1.165, 1.54) is 7.11 Å². The number of para-hydroxylation sites is 2. The van der Waals surface area contributed by atoms with Crippen LogP contribution in [0.1, 0.15) is 24.9 Å². The number of hydrogen-bond acceptors (Lipinski definition) is 6. The molecule has 2 aromatic rings. The van der Waals surface area contributed by atoms with Crippen LogP contribution in [0.2, 0.25) is 0 Å². The summed E-state index contributed by atoms with van der Waals surface area (Å²) in [6.07, 6.45) is 0.581. The second-order valence-electron chi connectivity index (χ2n) is 7.46. The maximum Gasteiger partial charge on any atom is 0.316 e. The van der Waals surface area contributed by atoms with Crippen LogP contribution >= 0.6 is 0 Å². The van der Waals surface area contributed by atoms with Gasteiger partial charge >= 0.3 is 5.97 Å². The zero-order valence-electron chi connectivity index (χ0n) is 16.7. The molecule has 0 saturated heterocycles. The topological polar surface area (TPSA) is 76.7 Å². The van der Waals surface area contributed by atoms with E-state index in [0.29, 0.717) is 17.7 Å². The molecule has 1 heterocycles. The van der Waals surface area contributed by atoms with E-state index in [1.54, 1.807) is 7.11 Å². The Hall–Kier alpha value is -3.28. The van der Waals surface area contributed by atoms with E-state index >= 15 is 0 Å². The number of fused-ring (bicyclic) bond motifs is 1. The summed E-state index contributed by atoms with van der Waals surface area (Å²) in [4.78, 5) is 25.9. The van der Waals surface area contributed by atoms with Crippen LogP contribution < -0.4 is 15.4 Å². The summed E-state index contributed by atoms with van der Waals surface area (Å²) in [6, 6.07) is 15.1. The summed E-state index contributed by atoms with van der Waals surface area (Å²) in [5.74, 6) is -0.946. The van der Waals surface area contributed by atoms with Crippen molar-refractivity contribution in [2.24, 2.45) is 11.8 Å². The molecule has 1 aliphatic heterocycles. The van der Waals surface area contributed by atoms with Crippen LogP contribution in [0.4, 0.5) is 11.4 Å². The minimum absolute atomic E-state index is 0.155. The highest BCUT2D eigenvalue weighted by Crippen LogP contribution is 2.44. The number of hydrogen-bond donors (Lipinski definition) is 2. The first kappa shape index (κ1) is 19.1. The molecule has 1 aliphatic carbocycles. The first-order valence-electron chi connectivity index (χ1n) is 9.65. The van der Waals surface area contributed by atoms with Gasteiger partial charge in [-0.1, -0.05) is 31.2 Å². The normalized spacial score (nSPS) is 23.1. The van der Waals surface area contributed by atoms with Gasteiger partial charge in [0, 0.05) is 11.3 Å². The van der Waals surface area contributed by atoms with E-state index in [1.807, 2.05) is 55.5 Å². The Morgan fingerprint density at radius 2 is 1.83 bits per heavy atom. The fourth-order valence-corrected chi connectivity index (χ4v) is 4.20. The molecule has 0 fully saturated rings. The highest BCUT2D eigenvalue weighted by Gasteiger charge is 2.44. The summed E-state index contributed by atoms with van der Waals surface area (Å²) in [6.45, 7) is 1.91. The number of Topliss-reactive ketones (excluding diaryl/α,β-unsaturated/α-hetero) is 1. The second kappa shape index (κ2) is 7.62. The van der Waals surface area contributed by atoms with Crippen molar-refractivity contribution in [3.8, 4) is 5.75 Å². The molecule has 2 N–H and O–H groups in total. The SMILES string of the molecule is COC(=O)[C@@H]1C(=O)C2=C(C[C@@H]1C)Nc1ccccc1N[C@H]2c1cccc(OC)c1. The van der Waals surface area contributed by atoms with Crippen molar-refractivity contribution >= 4 is 23.1 Å². The molecule has 0 bridgehead atoms. The average molecular weight is 392 g/mol. The Bertz CT molecular complexity index is 998. The van der Waals surface area contributed by atoms with Gasteiger partial charge in [-0.05, 0) is 42.2 Å². The van der Waals surface area contributed by atoms with Gasteiger partial charge in [-0.15, -0.1) is 0 Å². The molecule has 0 unspecified atom stereocenters. The van der Waals surface area contributed by atoms with Gasteiger partial charge < -0.3 is 20.1 Å². The highest BCUT2D eigenvalue weighted by molar-refractivity contribution is 6.11. The standard InChI is InChI=1S/C23H24N2O4/c1-13-11-18-20(22(26)19(13)23(27)29-3)21(14-7-6-8-15(12-14)28-2)25-17-10-5-4-9-16(17)24-18/h4-10,12-13,19,21,24-25H,11H2,1-3H3/t13-,19-,21-/m0/s1. The minimum Gasteiger partial charge on any atom is -0.497 e. The molecule has 150 valence electrons. The molecule has 3 atom stereocenters. The van der Waals surface area contributed by atoms with Gasteiger partial charge in [0.1, 0.15) is 11.7 Å². The molecular formula is C23H24N2O4. The van der Waals surface area contributed by atoms with E-state index in [-0.39, 0.29) is 11.7 Å². The molecule has 0 radical (unpaired) electrons. The monoisotopic (exact) mass is 392 g/mol. The van der Waals surface area contributed by atoms with Crippen LogP contribution in [-0.2, 0) is 14.3 Å². The van der Waals surface area contributed by atoms with Gasteiger partial charge in [0.25, 0.3) is 0 Å². The van der Waals surface area contributed by atoms with E-state index in [9.17, 15) is 9.59 Å². The van der Waals surface area contributed by atoms with Crippen LogP contribution in [0.25, 0.3) is 0 Å². The Balaban J connectivity index is 1.87. The Kier molecular flexibility index (Phi) is 5.01. The lowest BCUT2D eigenvalue weighted by Gasteiger charge is -2.32. The number of esters is 1. The van der Waals surface area contributed by atoms with E-state index < -0.39 is 17.9 Å². The van der Waals surface area contributed by atoms with Crippen LogP contribution in [0, 0.1) is 11.8 Å². The number of benzene rings is 2. The maximum absolute atomic E-state index is 13.5. The van der Waals surface area contributed by atoms with E-state index in [4.69, 9.17) is 9.47 Å². The fourth-order valence-electron chi connectivity index (χ4n) is 4.20. The molecule has 0 amide bonds. The van der Waals surface area contributed by atoms with Crippen LogP contribution in [0.5, 0.6) is 5.75 Å². The predicted molar refractivity (Wildman–Crippen MR) is 111 cm³/mol. The summed E-state index contributed by atoms with van der Waals surface area (Å²) in [7, 11) is 2.94. The quantitative estimate of drug-likeness (QED) is 0.609. The number of anilines is 2. The summed E-state index contributed by atoms with van der Waals surface area (Å²) >= 11 is 0. The number of ketones is 1. The largest absolute Gasteiger partial charge is 0.497 e. The Labute approximate surface area is 169 Å². The van der Waals surface area contributed by atoms with E-state index in [2.05, 4.69) is 10.6 Å². The first-order valence-corrected chi connectivity index (χ1v) is 9.65. The molecule has 6 nitrogen and oxygen atoms in total. The molecule has 4 rings (SSSR count). The number of ether oxygens (including phenoxy) is 2. The second-order valence-corrected chi connectivity index (χ2v) is 7.46. The third-order valence-electron chi connectivity index (χ3n) is 5.65. The maximum atomic E-state index is 13.5. The Morgan fingerprint density at radius 1 is 1.07 bits per heavy atom. The zero-order valence-corrected chi connectivity index (χ0v) is 16.7. The summed E-state index contributed by atoms with van der Waals surface area (Å²) in [5.41, 5.74) is 4.10. The summed E-state index contributed by atoms with van der Waals surface area (Å²) in [5, 5.41) is 6.94. The van der Waals surface area contributed by atoms with Crippen molar-refractivity contribution in [1.82, 2.24) is 0 Å². The molecule has 2 aromatic carbocycles. The molecule has 0 saturated carbocycles. The highest BCUT2D eigenvalue weighted by atomic mass is 16.5. The van der Waals surface area contributed by atoms with Gasteiger partial charge in [0.05, 0.1) is 31.6 Å². The third kappa shape index (κ3) is 3.35. The molecular weight excluding hydrogens is 368 g/mol. The minimum atomic E-state index is -0.809. The number of methoxy groups -OCH3 is 2. The lowest BCUT2D eigenvalue weighted by atomic mass is 9.75. The van der Waals surface area contributed by atoms with Gasteiger partial charge in [-0.2, -0.15) is 0 Å². The van der Waals surface area contributed by atoms with Crippen molar-refractivity contribution in [3.63, 3.8) is 0 Å². The Morgan fingerprint density at radius 3 is 2.55 bits per heavy atom. The lowest BCUT2D eigenvalue weighted by molar-refractivity contribution is -0.151. The zero-order chi connectivity index (χ0) is 20.5. The van der Waals surface area contributed by atoms with Crippen molar-refractivity contribution < 1.29 is 19.1 Å². The van der Waals surface area contributed by atoms with Crippen LogP contribution in [-0.4, -0.2) is 26.0 Å². The molecule has 0 spiro atoms. The molecule has 2 aliphatic rings. The van der Waals surface area contributed by atoms with Crippen molar-refractivity contribution in [2.45, 2.75) is 19.4 Å². The van der Waals surface area contributed by atoms with Crippen molar-refractivity contribution in [1.29, 1.82) is 0 Å². The predicted octanol–water partition coefficient (Wildman–Crippen LogP) is 3.93. The van der Waals surface area contributed by atoms with Gasteiger partial charge in [-0.25, -0.2) is 0 Å². The van der Waals surface area contributed by atoms with Gasteiger partial charge in [0.2, 0.25) is 0 Å². The number of rotatable bonds is 3. The number of nitrogens with one attached hydrogen (secondary N) is 2. The molecule has 6 heteroatoms. The number of carbonyl (C=O) groups excluding carboxylic acids is 2. The molecule has 0 aromatic heterocycles. The first-order chi connectivity index (χ1) is 14.0. The van der Waals surface area contributed by atoms with Gasteiger partial charge in [0.15, 0.2) is 5.78 Å². The number of allylic oxidation sites excluding steroid dienone is 1. The van der Waals surface area contributed by atoms with Crippen LogP contribution in [0.15, 0.2) is 59.8 Å². The average Bonchev–Trinajstić information content (AvgIpc) is 2.90. The molecule has 29 heavy (non-hydrogen) atoms. The smallest absolute Gasteiger partial charge is 0.316 e. The number of carbonyl (C=O) groups is 2. The van der Waals surface area contributed by atoms with Crippen molar-refractivity contribution in [2.75, 3.05) is 24.9 Å².